The summed E-state index contributed by atoms with van der Waals surface area (Å²) in [6.07, 6.45) is 0.803. The smallest absolute Gasteiger partial charge is 0.160 e. The van der Waals surface area contributed by atoms with E-state index in [0.717, 1.165) is 95.4 Å². The highest BCUT2D eigenvalue weighted by Gasteiger charge is 2.20. The van der Waals surface area contributed by atoms with Gasteiger partial charge in [0.05, 0.1) is 33.6 Å². The van der Waals surface area contributed by atoms with E-state index >= 15 is 0 Å². The predicted molar refractivity (Wildman–Crippen MR) is 236 cm³/mol. The van der Waals surface area contributed by atoms with Crippen molar-refractivity contribution < 1.29 is 0 Å². The van der Waals surface area contributed by atoms with Gasteiger partial charge in [-0.3, -0.25) is 4.57 Å². The molecule has 5 heteroatoms. The number of para-hydroxylation sites is 2. The van der Waals surface area contributed by atoms with Gasteiger partial charge in [0.1, 0.15) is 5.82 Å². The Balaban J connectivity index is 1.09. The summed E-state index contributed by atoms with van der Waals surface area (Å²) >= 11 is 0. The summed E-state index contributed by atoms with van der Waals surface area (Å²) in [5.74, 6) is 1.71. The number of aromatic nitrogens is 5. The quantitative estimate of drug-likeness (QED) is 0.160. The molecule has 0 radical (unpaired) electrons. The van der Waals surface area contributed by atoms with Crippen LogP contribution in [0, 0.1) is 0 Å². The number of rotatable bonds is 6. The van der Waals surface area contributed by atoms with E-state index in [4.69, 9.17) is 19.9 Å². The number of hydrogen-bond acceptors (Lipinski definition) is 4. The van der Waals surface area contributed by atoms with Crippen LogP contribution in [0.2, 0.25) is 0 Å². The minimum atomic E-state index is 0.691. The molecule has 11 aromatic rings. The third-order valence-electron chi connectivity index (χ3n) is 11.1. The Bertz CT molecular complexity index is 3230. The van der Waals surface area contributed by atoms with Crippen molar-refractivity contribution in [1.82, 2.24) is 24.5 Å². The summed E-state index contributed by atoms with van der Waals surface area (Å²) in [4.78, 5) is 21.1. The summed E-state index contributed by atoms with van der Waals surface area (Å²) in [5, 5.41) is 8.04. The Morgan fingerprint density at radius 1 is 0.439 bits per heavy atom. The molecule has 0 spiro atoms. The van der Waals surface area contributed by atoms with Crippen LogP contribution in [0.3, 0.4) is 0 Å². The van der Waals surface area contributed by atoms with Crippen molar-refractivity contribution in [3.63, 3.8) is 0 Å². The van der Waals surface area contributed by atoms with E-state index in [9.17, 15) is 0 Å². The van der Waals surface area contributed by atoms with Gasteiger partial charge in [-0.2, -0.15) is 0 Å². The van der Waals surface area contributed by atoms with Gasteiger partial charge in [0.15, 0.2) is 5.82 Å². The van der Waals surface area contributed by atoms with E-state index in [2.05, 4.69) is 193 Å². The van der Waals surface area contributed by atoms with E-state index in [-0.39, 0.29) is 0 Å². The van der Waals surface area contributed by atoms with Gasteiger partial charge in [0.2, 0.25) is 0 Å². The second-order valence-electron chi connectivity index (χ2n) is 14.5. The number of aryl methyl sites for hydroxylation is 1. The van der Waals surface area contributed by atoms with E-state index in [1.807, 2.05) is 0 Å². The molecule has 8 aromatic carbocycles. The van der Waals surface area contributed by atoms with Gasteiger partial charge in [0, 0.05) is 45.1 Å². The van der Waals surface area contributed by atoms with Crippen LogP contribution >= 0.6 is 0 Å². The fraction of sp³-hybridized carbons (Fsp3) is 0.0385. The molecule has 268 valence electrons. The maximum atomic E-state index is 5.35. The van der Waals surface area contributed by atoms with Crippen LogP contribution in [-0.4, -0.2) is 24.5 Å². The number of imidazole rings is 1. The molecular formula is C52H35N5. The molecule has 5 nitrogen and oxygen atoms in total. The lowest BCUT2D eigenvalue weighted by Crippen LogP contribution is -1.99. The molecule has 3 aromatic heterocycles. The first-order valence-electron chi connectivity index (χ1n) is 19.4. The predicted octanol–water partition coefficient (Wildman–Crippen LogP) is 13.1. The Hall–Kier alpha value is -7.50. The van der Waals surface area contributed by atoms with Gasteiger partial charge in [-0.15, -0.1) is 0 Å². The highest BCUT2D eigenvalue weighted by Crippen LogP contribution is 2.39. The summed E-state index contributed by atoms with van der Waals surface area (Å²) in [7, 11) is 0. The number of benzene rings is 8. The van der Waals surface area contributed by atoms with Gasteiger partial charge in [-0.25, -0.2) is 19.9 Å². The lowest BCUT2D eigenvalue weighted by Gasteiger charge is -2.13. The lowest BCUT2D eigenvalue weighted by atomic mass is 9.97. The van der Waals surface area contributed by atoms with Crippen molar-refractivity contribution in [2.45, 2.75) is 13.3 Å². The number of fused-ring (bicyclic) bond motifs is 7. The first-order chi connectivity index (χ1) is 28.2. The Morgan fingerprint density at radius 2 is 1.04 bits per heavy atom. The Labute approximate surface area is 329 Å². The molecule has 0 amide bonds. The fourth-order valence-electron chi connectivity index (χ4n) is 8.29. The second kappa shape index (κ2) is 13.4. The van der Waals surface area contributed by atoms with Crippen LogP contribution in [-0.2, 0) is 6.42 Å². The third kappa shape index (κ3) is 5.63. The maximum absolute atomic E-state index is 5.35. The molecule has 57 heavy (non-hydrogen) atoms. The monoisotopic (exact) mass is 729 g/mol. The molecule has 0 aliphatic rings. The van der Waals surface area contributed by atoms with Crippen LogP contribution in [0.5, 0.6) is 0 Å². The average molecular weight is 730 g/mol. The van der Waals surface area contributed by atoms with Crippen LogP contribution in [0.4, 0.5) is 0 Å². The topological polar surface area (TPSA) is 56.5 Å². The van der Waals surface area contributed by atoms with Crippen molar-refractivity contribution in [3.05, 3.63) is 188 Å². The molecule has 0 N–H and O–H groups in total. The van der Waals surface area contributed by atoms with E-state index < -0.39 is 0 Å². The van der Waals surface area contributed by atoms with E-state index in [1.165, 1.54) is 16.2 Å². The summed E-state index contributed by atoms with van der Waals surface area (Å²) in [6.45, 7) is 2.17. The second-order valence-corrected chi connectivity index (χ2v) is 14.5. The lowest BCUT2D eigenvalue weighted by molar-refractivity contribution is 0.908. The summed E-state index contributed by atoms with van der Waals surface area (Å²) in [6, 6.07) is 64.0. The van der Waals surface area contributed by atoms with Crippen molar-refractivity contribution in [3.8, 4) is 50.8 Å². The molecule has 0 saturated heterocycles. The normalized spacial score (nSPS) is 11.7. The molecule has 0 fully saturated rings. The minimum absolute atomic E-state index is 0.691. The van der Waals surface area contributed by atoms with Gasteiger partial charge >= 0.3 is 0 Å². The SMILES string of the molecule is CCc1nc2c3c(-c4ccc(-c5cc(-c6ccc7ccccc7c6)nc(-c6ccc7ccccc7c6)n5)cc4)nc4ccccc4c3ccc2n1-c1ccccc1. The largest absolute Gasteiger partial charge is 0.296 e. The molecule has 0 unspecified atom stereocenters. The number of pyridine rings is 1. The number of nitrogens with zero attached hydrogens (tertiary/aromatic N) is 5. The first-order valence-corrected chi connectivity index (χ1v) is 19.4. The van der Waals surface area contributed by atoms with Crippen molar-refractivity contribution in [2.75, 3.05) is 0 Å². The van der Waals surface area contributed by atoms with Crippen molar-refractivity contribution >= 4 is 54.3 Å². The molecule has 0 atom stereocenters. The fourth-order valence-corrected chi connectivity index (χ4v) is 8.29. The number of hydrogen-bond donors (Lipinski definition) is 0. The minimum Gasteiger partial charge on any atom is -0.296 e. The van der Waals surface area contributed by atoms with Gasteiger partial charge in [-0.05, 0) is 69.4 Å². The molecule has 0 saturated carbocycles. The molecule has 0 aliphatic carbocycles. The van der Waals surface area contributed by atoms with Crippen LogP contribution in [0.25, 0.3) is 105 Å². The van der Waals surface area contributed by atoms with Gasteiger partial charge in [0.25, 0.3) is 0 Å². The zero-order chi connectivity index (χ0) is 37.9. The Kier molecular flexibility index (Phi) is 7.71. The van der Waals surface area contributed by atoms with Crippen LogP contribution < -0.4 is 0 Å². The van der Waals surface area contributed by atoms with Crippen molar-refractivity contribution in [2.24, 2.45) is 0 Å². The highest BCUT2D eigenvalue weighted by molar-refractivity contribution is 6.20. The zero-order valence-corrected chi connectivity index (χ0v) is 31.3. The van der Waals surface area contributed by atoms with Crippen LogP contribution in [0.15, 0.2) is 182 Å². The molecule has 0 aliphatic heterocycles. The van der Waals surface area contributed by atoms with Crippen molar-refractivity contribution in [1.29, 1.82) is 0 Å². The average Bonchev–Trinajstić information content (AvgIpc) is 3.68. The Morgan fingerprint density at radius 3 is 1.77 bits per heavy atom. The molecular weight excluding hydrogens is 695 g/mol. The maximum Gasteiger partial charge on any atom is 0.160 e. The first kappa shape index (κ1) is 32.9. The van der Waals surface area contributed by atoms with Crippen LogP contribution in [0.1, 0.15) is 12.7 Å². The summed E-state index contributed by atoms with van der Waals surface area (Å²) < 4.78 is 2.28. The summed E-state index contributed by atoms with van der Waals surface area (Å²) in [5.41, 5.74) is 10.8. The van der Waals surface area contributed by atoms with E-state index in [1.54, 1.807) is 0 Å². The van der Waals surface area contributed by atoms with Gasteiger partial charge < -0.3 is 0 Å². The third-order valence-corrected chi connectivity index (χ3v) is 11.1. The van der Waals surface area contributed by atoms with E-state index in [0.29, 0.717) is 5.82 Å². The van der Waals surface area contributed by atoms with Gasteiger partial charge in [-0.1, -0.05) is 146 Å². The zero-order valence-electron chi connectivity index (χ0n) is 31.3. The molecule has 11 rings (SSSR count). The highest BCUT2D eigenvalue weighted by atomic mass is 15.1. The standard InChI is InChI=1S/C52H35N5/c1-2-48-56-51-47(57(48)41-16-4-3-5-17-41)29-28-43-42-18-10-11-19-44(42)53-50(49(43)51)36-24-22-35(23-25-36)45-32-46(39-26-20-33-12-6-8-14-37(33)30-39)55-52(54-45)40-27-21-34-13-7-9-15-38(34)31-40/h3-32H,2H2,1H3. The molecule has 0 bridgehead atoms. The molecule has 3 heterocycles.